The summed E-state index contributed by atoms with van der Waals surface area (Å²) in [5.41, 5.74) is 2.88. The number of benzene rings is 3. The lowest BCUT2D eigenvalue weighted by atomic mass is 9.95. The van der Waals surface area contributed by atoms with Gasteiger partial charge in [-0.25, -0.2) is 9.79 Å². The van der Waals surface area contributed by atoms with Crippen LogP contribution in [-0.2, 0) is 16.1 Å². The Labute approximate surface area is 259 Å². The first-order valence-electron chi connectivity index (χ1n) is 14.0. The van der Waals surface area contributed by atoms with Gasteiger partial charge in [0.15, 0.2) is 27.8 Å². The molecule has 0 radical (unpaired) electrons. The van der Waals surface area contributed by atoms with Gasteiger partial charge in [-0.1, -0.05) is 53.8 Å². The Morgan fingerprint density at radius 3 is 2.30 bits per heavy atom. The fraction of sp³-hybridized carbons (Fsp3) is 0.265. The van der Waals surface area contributed by atoms with Crippen LogP contribution < -0.4 is 33.8 Å². The number of hydrogen-bond donors (Lipinski definition) is 0. The zero-order valence-electron chi connectivity index (χ0n) is 25.5. The number of ether oxygens (including phenoxy) is 5. The summed E-state index contributed by atoms with van der Waals surface area (Å²) in [6, 6.07) is 19.8. The number of carbonyl (C=O) groups is 1. The number of esters is 1. The monoisotopic (exact) mass is 614 g/mol. The van der Waals surface area contributed by atoms with E-state index in [-0.39, 0.29) is 17.2 Å². The van der Waals surface area contributed by atoms with Gasteiger partial charge >= 0.3 is 5.97 Å². The molecule has 1 aromatic heterocycles. The number of carbonyl (C=O) groups excluding carboxylic acids is 1. The molecule has 9 nitrogen and oxygen atoms in total. The first-order chi connectivity index (χ1) is 21.2. The van der Waals surface area contributed by atoms with E-state index >= 15 is 0 Å². The van der Waals surface area contributed by atoms with Gasteiger partial charge in [-0.05, 0) is 67.8 Å². The Hall–Kier alpha value is -4.83. The van der Waals surface area contributed by atoms with Crippen molar-refractivity contribution in [2.75, 3.05) is 21.3 Å². The van der Waals surface area contributed by atoms with Crippen LogP contribution >= 0.6 is 11.3 Å². The molecule has 228 valence electrons. The minimum absolute atomic E-state index is 0.281. The Morgan fingerprint density at radius 2 is 1.61 bits per heavy atom. The van der Waals surface area contributed by atoms with Crippen LogP contribution in [0.3, 0.4) is 0 Å². The molecule has 3 aromatic carbocycles. The molecule has 5 rings (SSSR count). The summed E-state index contributed by atoms with van der Waals surface area (Å²) in [6.07, 6.45) is 1.41. The maximum Gasteiger partial charge on any atom is 0.338 e. The molecule has 0 bridgehead atoms. The highest BCUT2D eigenvalue weighted by Crippen LogP contribution is 2.36. The van der Waals surface area contributed by atoms with Crippen molar-refractivity contribution in [3.05, 3.63) is 114 Å². The van der Waals surface area contributed by atoms with Crippen LogP contribution in [0.25, 0.3) is 6.08 Å². The number of hydrogen-bond acceptors (Lipinski definition) is 9. The summed E-state index contributed by atoms with van der Waals surface area (Å²) in [5.74, 6) is 1.59. The highest BCUT2D eigenvalue weighted by Gasteiger charge is 2.34. The van der Waals surface area contributed by atoms with Crippen LogP contribution in [0.15, 0.2) is 87.8 Å². The fourth-order valence-electron chi connectivity index (χ4n) is 4.98. The lowest BCUT2D eigenvalue weighted by Gasteiger charge is -2.26. The van der Waals surface area contributed by atoms with Gasteiger partial charge in [0, 0.05) is 0 Å². The zero-order valence-corrected chi connectivity index (χ0v) is 26.3. The summed E-state index contributed by atoms with van der Waals surface area (Å²) in [6.45, 7) is 5.67. The molecule has 1 aliphatic rings. The quantitative estimate of drug-likeness (QED) is 0.237. The second-order valence-electron chi connectivity index (χ2n) is 10.3. The molecule has 44 heavy (non-hydrogen) atoms. The van der Waals surface area contributed by atoms with Crippen molar-refractivity contribution in [1.29, 1.82) is 0 Å². The van der Waals surface area contributed by atoms with Gasteiger partial charge in [-0.15, -0.1) is 0 Å². The number of allylic oxidation sites excluding steroid dienone is 1. The average molecular weight is 615 g/mol. The standard InChI is InChI=1S/C34H34N2O7S/c1-20(2)43-33(38)30-21(3)35-34-36(32(37)29(44-34)17-23-12-14-25(39-4)27(16-23)40-5)31(30)24-13-15-26(28(18-24)41-6)42-19-22-10-8-7-9-11-22/h7-18,20,31H,19H2,1-6H3. The number of thiazole rings is 1. The van der Waals surface area contributed by atoms with Crippen molar-refractivity contribution < 1.29 is 28.5 Å². The molecule has 0 fully saturated rings. The maximum atomic E-state index is 14.1. The smallest absolute Gasteiger partial charge is 0.338 e. The van der Waals surface area contributed by atoms with E-state index in [0.717, 1.165) is 11.1 Å². The van der Waals surface area contributed by atoms with E-state index in [1.165, 1.54) is 11.3 Å². The highest BCUT2D eigenvalue weighted by atomic mass is 32.1. The molecule has 1 aliphatic heterocycles. The minimum atomic E-state index is -0.804. The van der Waals surface area contributed by atoms with Crippen molar-refractivity contribution in [2.24, 2.45) is 4.99 Å². The SMILES string of the molecule is COc1ccc(C=c2sc3n(c2=O)C(c2ccc(OCc4ccccc4)c(OC)c2)C(C(=O)OC(C)C)=C(C)N=3)cc1OC. The molecule has 0 aliphatic carbocycles. The largest absolute Gasteiger partial charge is 0.493 e. The van der Waals surface area contributed by atoms with Crippen molar-refractivity contribution in [3.8, 4) is 23.0 Å². The van der Waals surface area contributed by atoms with Gasteiger partial charge in [0.05, 0.1) is 49.3 Å². The van der Waals surface area contributed by atoms with Gasteiger partial charge in [0.2, 0.25) is 0 Å². The van der Waals surface area contributed by atoms with Crippen LogP contribution in [0.4, 0.5) is 0 Å². The Kier molecular flexibility index (Phi) is 9.20. The Balaban J connectivity index is 1.62. The van der Waals surface area contributed by atoms with E-state index in [9.17, 15) is 9.59 Å². The molecule has 2 heterocycles. The molecule has 0 N–H and O–H groups in total. The molecular formula is C34H34N2O7S. The van der Waals surface area contributed by atoms with Crippen LogP contribution in [0, 0.1) is 0 Å². The fourth-order valence-corrected chi connectivity index (χ4v) is 6.03. The third-order valence-corrected chi connectivity index (χ3v) is 8.01. The van der Waals surface area contributed by atoms with Gasteiger partial charge < -0.3 is 23.7 Å². The molecule has 0 saturated carbocycles. The molecule has 0 saturated heterocycles. The molecule has 4 aromatic rings. The van der Waals surface area contributed by atoms with Crippen LogP contribution in [0.1, 0.15) is 43.5 Å². The lowest BCUT2D eigenvalue weighted by molar-refractivity contribution is -0.143. The second kappa shape index (κ2) is 13.2. The third kappa shape index (κ3) is 6.26. The van der Waals surface area contributed by atoms with Crippen molar-refractivity contribution >= 4 is 23.4 Å². The van der Waals surface area contributed by atoms with Gasteiger partial charge in [0.25, 0.3) is 5.56 Å². The van der Waals surface area contributed by atoms with Crippen molar-refractivity contribution in [2.45, 2.75) is 39.5 Å². The van der Waals surface area contributed by atoms with Gasteiger partial charge in [-0.3, -0.25) is 9.36 Å². The number of rotatable bonds is 10. The van der Waals surface area contributed by atoms with E-state index in [1.54, 1.807) is 77.0 Å². The van der Waals surface area contributed by atoms with Crippen LogP contribution in [0.2, 0.25) is 0 Å². The summed E-state index contributed by atoms with van der Waals surface area (Å²) in [4.78, 5) is 32.7. The summed E-state index contributed by atoms with van der Waals surface area (Å²) in [7, 11) is 4.68. The Morgan fingerprint density at radius 1 is 0.932 bits per heavy atom. The van der Waals surface area contributed by atoms with Crippen LogP contribution in [0.5, 0.6) is 23.0 Å². The number of aromatic nitrogens is 1. The van der Waals surface area contributed by atoms with E-state index in [4.69, 9.17) is 23.7 Å². The van der Waals surface area contributed by atoms with Gasteiger partial charge in [0.1, 0.15) is 6.61 Å². The second-order valence-corrected chi connectivity index (χ2v) is 11.3. The molecule has 0 amide bonds. The summed E-state index contributed by atoms with van der Waals surface area (Å²) < 4.78 is 30.2. The summed E-state index contributed by atoms with van der Waals surface area (Å²) in [5, 5.41) is 0. The Bertz CT molecular complexity index is 1890. The van der Waals surface area contributed by atoms with Crippen molar-refractivity contribution in [1.82, 2.24) is 4.57 Å². The minimum Gasteiger partial charge on any atom is -0.493 e. The van der Waals surface area contributed by atoms with E-state index in [2.05, 4.69) is 4.99 Å². The van der Waals surface area contributed by atoms with E-state index in [1.807, 2.05) is 42.5 Å². The van der Waals surface area contributed by atoms with Crippen molar-refractivity contribution in [3.63, 3.8) is 0 Å². The topological polar surface area (TPSA) is 97.6 Å². The maximum absolute atomic E-state index is 14.1. The van der Waals surface area contributed by atoms with E-state index in [0.29, 0.717) is 50.2 Å². The first-order valence-corrected chi connectivity index (χ1v) is 14.9. The molecule has 1 unspecified atom stereocenters. The normalized spacial score (nSPS) is 14.6. The number of methoxy groups -OCH3 is 3. The van der Waals surface area contributed by atoms with Crippen LogP contribution in [-0.4, -0.2) is 38.0 Å². The molecule has 10 heteroatoms. The molecule has 0 spiro atoms. The lowest BCUT2D eigenvalue weighted by Crippen LogP contribution is -2.40. The van der Waals surface area contributed by atoms with Gasteiger partial charge in [-0.2, -0.15) is 0 Å². The predicted molar refractivity (Wildman–Crippen MR) is 168 cm³/mol. The highest BCUT2D eigenvalue weighted by molar-refractivity contribution is 7.07. The average Bonchev–Trinajstić information content (AvgIpc) is 3.32. The van der Waals surface area contributed by atoms with E-state index < -0.39 is 12.0 Å². The third-order valence-electron chi connectivity index (χ3n) is 7.03. The molecule has 1 atom stereocenters. The number of fused-ring (bicyclic) bond motifs is 1. The zero-order chi connectivity index (χ0) is 31.4. The first kappa shape index (κ1) is 30.6. The number of nitrogens with zero attached hydrogens (tertiary/aromatic N) is 2. The predicted octanol–water partition coefficient (Wildman–Crippen LogP) is 4.79. The molecular weight excluding hydrogens is 580 g/mol. The summed E-state index contributed by atoms with van der Waals surface area (Å²) >= 11 is 1.24.